The second-order valence-corrected chi connectivity index (χ2v) is 11.1. The van der Waals surface area contributed by atoms with E-state index in [0.29, 0.717) is 24.3 Å². The number of carbonyl (C=O) groups excluding carboxylic acids is 2. The Balaban J connectivity index is 2.05. The SMILES string of the molecule is CCCNC(=O)[C@@H](CC)N(Cc1ccc(F)cc1)C(=O)CN(c1ccccc1)S(=O)(=O)c1ccc(OC)c(OC)c1. The maximum atomic E-state index is 14.0. The zero-order chi connectivity index (χ0) is 30.0. The fraction of sp³-hybridized carbons (Fsp3) is 0.333. The van der Waals surface area contributed by atoms with E-state index in [0.717, 1.165) is 4.31 Å². The van der Waals surface area contributed by atoms with Crippen LogP contribution in [-0.4, -0.2) is 58.5 Å². The molecular formula is C30H36FN3O6S. The van der Waals surface area contributed by atoms with Crippen molar-refractivity contribution in [2.24, 2.45) is 0 Å². The molecule has 0 aliphatic heterocycles. The first-order valence-corrected chi connectivity index (χ1v) is 14.7. The highest BCUT2D eigenvalue weighted by Gasteiger charge is 2.34. The van der Waals surface area contributed by atoms with Crippen LogP contribution in [0.2, 0.25) is 0 Å². The smallest absolute Gasteiger partial charge is 0.264 e. The quantitative estimate of drug-likeness (QED) is 0.301. The number of para-hydroxylation sites is 1. The number of hydrogen-bond donors (Lipinski definition) is 1. The Bertz CT molecular complexity index is 1420. The second-order valence-electron chi connectivity index (χ2n) is 9.23. The van der Waals surface area contributed by atoms with Gasteiger partial charge in [0.25, 0.3) is 10.0 Å². The summed E-state index contributed by atoms with van der Waals surface area (Å²) >= 11 is 0. The number of hydrogen-bond acceptors (Lipinski definition) is 6. The average Bonchev–Trinajstić information content (AvgIpc) is 2.99. The second kappa shape index (κ2) is 14.5. The van der Waals surface area contributed by atoms with Gasteiger partial charge in [0.15, 0.2) is 11.5 Å². The lowest BCUT2D eigenvalue weighted by molar-refractivity contribution is -0.140. The summed E-state index contributed by atoms with van der Waals surface area (Å²) in [5.41, 5.74) is 0.858. The molecule has 0 saturated heterocycles. The van der Waals surface area contributed by atoms with E-state index in [4.69, 9.17) is 9.47 Å². The first-order valence-electron chi connectivity index (χ1n) is 13.3. The zero-order valence-electron chi connectivity index (χ0n) is 23.7. The highest BCUT2D eigenvalue weighted by molar-refractivity contribution is 7.92. The summed E-state index contributed by atoms with van der Waals surface area (Å²) in [5, 5.41) is 2.83. The van der Waals surface area contributed by atoms with Crippen molar-refractivity contribution in [3.05, 3.63) is 84.2 Å². The molecule has 3 aromatic carbocycles. The largest absolute Gasteiger partial charge is 0.493 e. The molecule has 0 aliphatic rings. The molecular weight excluding hydrogens is 549 g/mol. The van der Waals surface area contributed by atoms with E-state index in [1.807, 2.05) is 6.92 Å². The van der Waals surface area contributed by atoms with Crippen LogP contribution >= 0.6 is 0 Å². The van der Waals surface area contributed by atoms with Gasteiger partial charge in [0, 0.05) is 19.2 Å². The molecule has 220 valence electrons. The minimum Gasteiger partial charge on any atom is -0.493 e. The Morgan fingerprint density at radius 1 is 0.927 bits per heavy atom. The van der Waals surface area contributed by atoms with Gasteiger partial charge in [-0.15, -0.1) is 0 Å². The average molecular weight is 586 g/mol. The van der Waals surface area contributed by atoms with Gasteiger partial charge >= 0.3 is 0 Å². The fourth-order valence-corrected chi connectivity index (χ4v) is 5.73. The molecule has 1 atom stereocenters. The third kappa shape index (κ3) is 7.75. The van der Waals surface area contributed by atoms with Crippen molar-refractivity contribution in [1.82, 2.24) is 10.2 Å². The van der Waals surface area contributed by atoms with Crippen LogP contribution in [0.1, 0.15) is 32.3 Å². The van der Waals surface area contributed by atoms with Crippen LogP contribution in [0.3, 0.4) is 0 Å². The minimum atomic E-state index is -4.29. The number of nitrogens with zero attached hydrogens (tertiary/aromatic N) is 2. The maximum Gasteiger partial charge on any atom is 0.264 e. The lowest BCUT2D eigenvalue weighted by Crippen LogP contribution is -2.52. The van der Waals surface area contributed by atoms with Crippen molar-refractivity contribution in [1.29, 1.82) is 0 Å². The number of amides is 2. The number of benzene rings is 3. The van der Waals surface area contributed by atoms with Crippen LogP contribution < -0.4 is 19.1 Å². The van der Waals surface area contributed by atoms with E-state index in [2.05, 4.69) is 5.32 Å². The number of nitrogens with one attached hydrogen (secondary N) is 1. The number of ether oxygens (including phenoxy) is 2. The molecule has 3 aromatic rings. The molecule has 0 fully saturated rings. The molecule has 0 aliphatic carbocycles. The third-order valence-electron chi connectivity index (χ3n) is 6.47. The number of carbonyl (C=O) groups is 2. The molecule has 1 N–H and O–H groups in total. The first-order chi connectivity index (χ1) is 19.7. The van der Waals surface area contributed by atoms with Crippen LogP contribution in [0, 0.1) is 5.82 Å². The molecule has 11 heteroatoms. The van der Waals surface area contributed by atoms with E-state index >= 15 is 0 Å². The van der Waals surface area contributed by atoms with E-state index < -0.39 is 34.3 Å². The molecule has 3 rings (SSSR count). The lowest BCUT2D eigenvalue weighted by atomic mass is 10.1. The molecule has 0 radical (unpaired) electrons. The Kier molecular flexibility index (Phi) is 11.1. The van der Waals surface area contributed by atoms with Crippen molar-refractivity contribution in [3.63, 3.8) is 0 Å². The van der Waals surface area contributed by atoms with Gasteiger partial charge in [0.1, 0.15) is 18.4 Å². The van der Waals surface area contributed by atoms with Crippen LogP contribution in [0.5, 0.6) is 11.5 Å². The Morgan fingerprint density at radius 3 is 2.17 bits per heavy atom. The minimum absolute atomic E-state index is 0.0177. The monoisotopic (exact) mass is 585 g/mol. The van der Waals surface area contributed by atoms with E-state index in [1.165, 1.54) is 61.6 Å². The summed E-state index contributed by atoms with van der Waals surface area (Å²) in [4.78, 5) is 28.3. The summed E-state index contributed by atoms with van der Waals surface area (Å²) in [6.07, 6.45) is 0.996. The predicted octanol–water partition coefficient (Wildman–Crippen LogP) is 4.37. The van der Waals surface area contributed by atoms with Crippen LogP contribution in [0.25, 0.3) is 0 Å². The highest BCUT2D eigenvalue weighted by atomic mass is 32.2. The van der Waals surface area contributed by atoms with Gasteiger partial charge in [-0.05, 0) is 54.8 Å². The van der Waals surface area contributed by atoms with Gasteiger partial charge in [-0.1, -0.05) is 44.2 Å². The third-order valence-corrected chi connectivity index (χ3v) is 8.24. The first kappa shape index (κ1) is 31.4. The van der Waals surface area contributed by atoms with Crippen LogP contribution in [-0.2, 0) is 26.2 Å². The fourth-order valence-electron chi connectivity index (χ4n) is 4.30. The van der Waals surface area contributed by atoms with Crippen molar-refractivity contribution >= 4 is 27.5 Å². The van der Waals surface area contributed by atoms with Crippen molar-refractivity contribution < 1.29 is 31.9 Å². The van der Waals surface area contributed by atoms with Gasteiger partial charge in [-0.2, -0.15) is 0 Å². The van der Waals surface area contributed by atoms with Gasteiger partial charge in [-0.3, -0.25) is 13.9 Å². The van der Waals surface area contributed by atoms with Gasteiger partial charge < -0.3 is 19.7 Å². The Labute approximate surface area is 240 Å². The number of sulfonamides is 1. The molecule has 0 bridgehead atoms. The van der Waals surface area contributed by atoms with Crippen LogP contribution in [0.15, 0.2) is 77.7 Å². The molecule has 2 amide bonds. The molecule has 0 heterocycles. The highest BCUT2D eigenvalue weighted by Crippen LogP contribution is 2.32. The molecule has 0 aromatic heterocycles. The molecule has 9 nitrogen and oxygen atoms in total. The molecule has 0 unspecified atom stereocenters. The summed E-state index contributed by atoms with van der Waals surface area (Å²) in [5.74, 6) is -0.817. The summed E-state index contributed by atoms with van der Waals surface area (Å²) < 4.78 is 53.2. The van der Waals surface area contributed by atoms with E-state index in [-0.39, 0.29) is 35.2 Å². The van der Waals surface area contributed by atoms with Crippen molar-refractivity contribution in [3.8, 4) is 11.5 Å². The maximum absolute atomic E-state index is 14.0. The normalized spacial score (nSPS) is 11.8. The number of anilines is 1. The predicted molar refractivity (Wildman–Crippen MR) is 155 cm³/mol. The van der Waals surface area contributed by atoms with Crippen LogP contribution in [0.4, 0.5) is 10.1 Å². The van der Waals surface area contributed by atoms with E-state index in [9.17, 15) is 22.4 Å². The lowest BCUT2D eigenvalue weighted by Gasteiger charge is -2.33. The van der Waals surface area contributed by atoms with Gasteiger partial charge in [0.05, 0.1) is 24.8 Å². The number of halogens is 1. The summed E-state index contributed by atoms with van der Waals surface area (Å²) in [7, 11) is -1.45. The number of methoxy groups -OCH3 is 2. The topological polar surface area (TPSA) is 105 Å². The summed E-state index contributed by atoms with van der Waals surface area (Å²) in [6.45, 7) is 3.52. The van der Waals surface area contributed by atoms with E-state index in [1.54, 1.807) is 37.3 Å². The van der Waals surface area contributed by atoms with Crippen molar-refractivity contribution in [2.75, 3.05) is 31.6 Å². The van der Waals surface area contributed by atoms with Gasteiger partial charge in [0.2, 0.25) is 11.8 Å². The number of rotatable bonds is 14. The molecule has 0 saturated carbocycles. The summed E-state index contributed by atoms with van der Waals surface area (Å²) in [6, 6.07) is 17.1. The zero-order valence-corrected chi connectivity index (χ0v) is 24.5. The van der Waals surface area contributed by atoms with Gasteiger partial charge in [-0.25, -0.2) is 12.8 Å². The standard InChI is InChI=1S/C30H36FN3O6S/c1-5-18-32-30(36)26(6-2)33(20-22-12-14-23(31)15-13-22)29(35)21-34(24-10-8-7-9-11-24)41(37,38)25-16-17-27(39-3)28(19-25)40-4/h7-17,19,26H,5-6,18,20-21H2,1-4H3,(H,32,36)/t26-/m1/s1. The molecule has 41 heavy (non-hydrogen) atoms. The molecule has 0 spiro atoms. The van der Waals surface area contributed by atoms with Crippen molar-refractivity contribution in [2.45, 2.75) is 44.2 Å². The Hall–Kier alpha value is -4.12. The Morgan fingerprint density at radius 2 is 1.59 bits per heavy atom.